The van der Waals surface area contributed by atoms with Crippen LogP contribution < -0.4 is 10.6 Å². The van der Waals surface area contributed by atoms with Crippen molar-refractivity contribution in [2.24, 2.45) is 0 Å². The van der Waals surface area contributed by atoms with Crippen LogP contribution in [0.5, 0.6) is 0 Å². The lowest BCUT2D eigenvalue weighted by Crippen LogP contribution is -2.51. The molecule has 0 aliphatic carbocycles. The SMILES string of the molecule is O=C1N[C@@H](C(=O)NCCc2ccn[nH]2)Cc2ccccc21. The van der Waals surface area contributed by atoms with E-state index < -0.39 is 6.04 Å². The predicted octanol–water partition coefficient (Wildman–Crippen LogP) is 0.423. The lowest BCUT2D eigenvalue weighted by Gasteiger charge is -2.24. The first-order valence-corrected chi connectivity index (χ1v) is 6.89. The van der Waals surface area contributed by atoms with Crippen LogP contribution in [0.15, 0.2) is 36.5 Å². The largest absolute Gasteiger partial charge is 0.354 e. The minimum absolute atomic E-state index is 0.155. The number of benzene rings is 1. The number of hydrogen-bond donors (Lipinski definition) is 3. The molecule has 2 amide bonds. The third kappa shape index (κ3) is 2.94. The summed E-state index contributed by atoms with van der Waals surface area (Å²) >= 11 is 0. The first-order valence-electron chi connectivity index (χ1n) is 6.89. The van der Waals surface area contributed by atoms with Gasteiger partial charge in [-0.3, -0.25) is 14.7 Å². The number of nitrogens with zero attached hydrogens (tertiary/aromatic N) is 1. The van der Waals surface area contributed by atoms with E-state index in [-0.39, 0.29) is 11.8 Å². The van der Waals surface area contributed by atoms with Gasteiger partial charge in [0, 0.05) is 36.8 Å². The van der Waals surface area contributed by atoms with Crippen LogP contribution in [0, 0.1) is 0 Å². The molecule has 0 unspecified atom stereocenters. The van der Waals surface area contributed by atoms with E-state index in [1.807, 2.05) is 24.3 Å². The van der Waals surface area contributed by atoms with Crippen LogP contribution in [-0.4, -0.2) is 34.6 Å². The van der Waals surface area contributed by atoms with Crippen molar-refractivity contribution in [2.75, 3.05) is 6.54 Å². The van der Waals surface area contributed by atoms with Crippen molar-refractivity contribution in [3.05, 3.63) is 53.3 Å². The van der Waals surface area contributed by atoms with Crippen molar-refractivity contribution >= 4 is 11.8 Å². The van der Waals surface area contributed by atoms with Gasteiger partial charge < -0.3 is 10.6 Å². The van der Waals surface area contributed by atoms with Crippen molar-refractivity contribution < 1.29 is 9.59 Å². The second kappa shape index (κ2) is 5.78. The van der Waals surface area contributed by atoms with Crippen molar-refractivity contribution in [1.29, 1.82) is 0 Å². The van der Waals surface area contributed by atoms with Gasteiger partial charge in [0.05, 0.1) is 0 Å². The van der Waals surface area contributed by atoms with Crippen molar-refractivity contribution in [2.45, 2.75) is 18.9 Å². The van der Waals surface area contributed by atoms with Crippen LogP contribution in [-0.2, 0) is 17.6 Å². The Hall–Kier alpha value is -2.63. The van der Waals surface area contributed by atoms with Gasteiger partial charge in [0.2, 0.25) is 5.91 Å². The summed E-state index contributed by atoms with van der Waals surface area (Å²) in [7, 11) is 0. The highest BCUT2D eigenvalue weighted by molar-refractivity contribution is 6.00. The van der Waals surface area contributed by atoms with Gasteiger partial charge in [-0.25, -0.2) is 0 Å². The van der Waals surface area contributed by atoms with Crippen LogP contribution in [0.4, 0.5) is 0 Å². The predicted molar refractivity (Wildman–Crippen MR) is 76.7 cm³/mol. The Labute approximate surface area is 121 Å². The fourth-order valence-corrected chi connectivity index (χ4v) is 2.45. The van der Waals surface area contributed by atoms with E-state index in [2.05, 4.69) is 20.8 Å². The minimum atomic E-state index is -0.505. The van der Waals surface area contributed by atoms with Gasteiger partial charge in [-0.05, 0) is 17.7 Å². The number of H-pyrrole nitrogens is 1. The van der Waals surface area contributed by atoms with Crippen LogP contribution >= 0.6 is 0 Å². The summed E-state index contributed by atoms with van der Waals surface area (Å²) in [5, 5.41) is 12.3. The van der Waals surface area contributed by atoms with Crippen LogP contribution in [0.25, 0.3) is 0 Å². The zero-order valence-electron chi connectivity index (χ0n) is 11.4. The zero-order chi connectivity index (χ0) is 14.7. The Kier molecular flexibility index (Phi) is 3.68. The number of aromatic amines is 1. The Bertz CT molecular complexity index is 651. The Morgan fingerprint density at radius 3 is 3.00 bits per heavy atom. The lowest BCUT2D eigenvalue weighted by atomic mass is 9.95. The molecule has 0 radical (unpaired) electrons. The smallest absolute Gasteiger partial charge is 0.252 e. The van der Waals surface area contributed by atoms with Crippen LogP contribution in [0.1, 0.15) is 21.6 Å². The van der Waals surface area contributed by atoms with Crippen molar-refractivity contribution in [3.8, 4) is 0 Å². The minimum Gasteiger partial charge on any atom is -0.354 e. The molecule has 1 aliphatic rings. The zero-order valence-corrected chi connectivity index (χ0v) is 11.4. The van der Waals surface area contributed by atoms with Crippen LogP contribution in [0.2, 0.25) is 0 Å². The summed E-state index contributed by atoms with van der Waals surface area (Å²) in [5.41, 5.74) is 2.53. The van der Waals surface area contributed by atoms with Crippen molar-refractivity contribution in [3.63, 3.8) is 0 Å². The van der Waals surface area contributed by atoms with Gasteiger partial charge in [-0.15, -0.1) is 0 Å². The number of carbonyl (C=O) groups is 2. The van der Waals surface area contributed by atoms with E-state index in [4.69, 9.17) is 0 Å². The van der Waals surface area contributed by atoms with Gasteiger partial charge in [-0.2, -0.15) is 5.10 Å². The second-order valence-electron chi connectivity index (χ2n) is 5.01. The summed E-state index contributed by atoms with van der Waals surface area (Å²) in [6.45, 7) is 0.509. The highest BCUT2D eigenvalue weighted by Gasteiger charge is 2.28. The molecule has 1 aromatic heterocycles. The summed E-state index contributed by atoms with van der Waals surface area (Å²) in [5.74, 6) is -0.345. The number of rotatable bonds is 4. The molecule has 0 bridgehead atoms. The average molecular weight is 284 g/mol. The van der Waals surface area contributed by atoms with E-state index in [0.29, 0.717) is 24.9 Å². The first-order chi connectivity index (χ1) is 10.2. The average Bonchev–Trinajstić information content (AvgIpc) is 3.00. The molecule has 108 valence electrons. The first kappa shape index (κ1) is 13.4. The fourth-order valence-electron chi connectivity index (χ4n) is 2.45. The molecule has 1 atom stereocenters. The van der Waals surface area contributed by atoms with Gasteiger partial charge in [0.1, 0.15) is 6.04 Å². The van der Waals surface area contributed by atoms with E-state index in [9.17, 15) is 9.59 Å². The summed E-state index contributed by atoms with van der Waals surface area (Å²) < 4.78 is 0. The standard InChI is InChI=1S/C15H16N4O2/c20-14-12-4-2-1-3-10(12)9-13(18-14)15(21)16-7-5-11-6-8-17-19-11/h1-4,6,8,13H,5,7,9H2,(H,16,21)(H,17,19)(H,18,20)/t13-/m1/s1. The maximum atomic E-state index is 12.1. The van der Waals surface area contributed by atoms with E-state index in [0.717, 1.165) is 11.3 Å². The van der Waals surface area contributed by atoms with Crippen LogP contribution in [0.3, 0.4) is 0 Å². The maximum absolute atomic E-state index is 12.1. The Morgan fingerprint density at radius 1 is 1.33 bits per heavy atom. The highest BCUT2D eigenvalue weighted by atomic mass is 16.2. The molecular formula is C15H16N4O2. The topological polar surface area (TPSA) is 86.9 Å². The van der Waals surface area contributed by atoms with Gasteiger partial charge >= 0.3 is 0 Å². The number of fused-ring (bicyclic) bond motifs is 1. The molecule has 0 saturated heterocycles. The van der Waals surface area contributed by atoms with E-state index in [1.165, 1.54) is 0 Å². The molecule has 1 aliphatic heterocycles. The maximum Gasteiger partial charge on any atom is 0.252 e. The quantitative estimate of drug-likeness (QED) is 0.760. The monoisotopic (exact) mass is 284 g/mol. The molecule has 0 saturated carbocycles. The Morgan fingerprint density at radius 2 is 2.19 bits per heavy atom. The number of amides is 2. The third-order valence-electron chi connectivity index (χ3n) is 3.56. The third-order valence-corrected chi connectivity index (χ3v) is 3.56. The summed E-state index contributed by atoms with van der Waals surface area (Å²) in [6, 6.07) is 8.73. The summed E-state index contributed by atoms with van der Waals surface area (Å²) in [6.07, 6.45) is 2.89. The van der Waals surface area contributed by atoms with E-state index in [1.54, 1.807) is 12.3 Å². The number of aromatic nitrogens is 2. The molecule has 3 rings (SSSR count). The summed E-state index contributed by atoms with van der Waals surface area (Å²) in [4.78, 5) is 24.1. The van der Waals surface area contributed by atoms with Gasteiger partial charge in [0.25, 0.3) is 5.91 Å². The second-order valence-corrected chi connectivity index (χ2v) is 5.01. The van der Waals surface area contributed by atoms with Gasteiger partial charge in [0.15, 0.2) is 0 Å². The molecular weight excluding hydrogens is 268 g/mol. The fraction of sp³-hybridized carbons (Fsp3) is 0.267. The Balaban J connectivity index is 1.58. The molecule has 21 heavy (non-hydrogen) atoms. The molecule has 2 heterocycles. The normalized spacial score (nSPS) is 17.0. The van der Waals surface area contributed by atoms with Gasteiger partial charge in [-0.1, -0.05) is 18.2 Å². The molecule has 1 aromatic carbocycles. The lowest BCUT2D eigenvalue weighted by molar-refractivity contribution is -0.123. The molecule has 2 aromatic rings. The van der Waals surface area contributed by atoms with E-state index >= 15 is 0 Å². The molecule has 0 fully saturated rings. The highest BCUT2D eigenvalue weighted by Crippen LogP contribution is 2.16. The molecule has 6 heteroatoms. The number of nitrogens with one attached hydrogen (secondary N) is 3. The molecule has 0 spiro atoms. The number of carbonyl (C=O) groups excluding carboxylic acids is 2. The molecule has 3 N–H and O–H groups in total. The molecule has 6 nitrogen and oxygen atoms in total. The van der Waals surface area contributed by atoms with Crippen molar-refractivity contribution in [1.82, 2.24) is 20.8 Å². The number of hydrogen-bond acceptors (Lipinski definition) is 3.